The van der Waals surface area contributed by atoms with Crippen molar-refractivity contribution in [2.75, 3.05) is 13.4 Å². The fourth-order valence-corrected chi connectivity index (χ4v) is 2.53. The molecular weight excluding hydrogens is 230 g/mol. The summed E-state index contributed by atoms with van der Waals surface area (Å²) in [6.07, 6.45) is 5.32. The predicted octanol–water partition coefficient (Wildman–Crippen LogP) is 2.37. The van der Waals surface area contributed by atoms with Crippen LogP contribution in [0.1, 0.15) is 37.3 Å². The van der Waals surface area contributed by atoms with Gasteiger partial charge in [-0.3, -0.25) is 0 Å². The van der Waals surface area contributed by atoms with Gasteiger partial charge in [0.1, 0.15) is 0 Å². The van der Waals surface area contributed by atoms with Gasteiger partial charge in [0, 0.05) is 0 Å². The minimum absolute atomic E-state index is 0.0971. The molecule has 4 heteroatoms. The van der Waals surface area contributed by atoms with Gasteiger partial charge in [-0.1, -0.05) is 18.9 Å². The highest BCUT2D eigenvalue weighted by Crippen LogP contribution is 2.34. The van der Waals surface area contributed by atoms with E-state index >= 15 is 0 Å². The van der Waals surface area contributed by atoms with Gasteiger partial charge in [-0.25, -0.2) is 0 Å². The molecule has 0 bridgehead atoms. The number of ether oxygens (including phenoxy) is 3. The zero-order valence-corrected chi connectivity index (χ0v) is 10.4. The van der Waals surface area contributed by atoms with E-state index in [4.69, 9.17) is 19.9 Å². The molecular formula is C14H19NO3. The molecule has 1 unspecified atom stereocenters. The molecule has 0 saturated heterocycles. The second-order valence-corrected chi connectivity index (χ2v) is 4.96. The van der Waals surface area contributed by atoms with Crippen LogP contribution in [-0.2, 0) is 4.74 Å². The van der Waals surface area contributed by atoms with Crippen molar-refractivity contribution in [1.29, 1.82) is 0 Å². The van der Waals surface area contributed by atoms with Gasteiger partial charge in [0.25, 0.3) is 0 Å². The molecule has 2 N–H and O–H groups in total. The van der Waals surface area contributed by atoms with Crippen LogP contribution in [-0.4, -0.2) is 19.5 Å². The Balaban J connectivity index is 1.59. The van der Waals surface area contributed by atoms with E-state index in [0.717, 1.165) is 17.1 Å². The SMILES string of the molecule is NC(COC1CCCC1)c1ccc2c(c1)OCO2. The average Bonchev–Trinajstić information content (AvgIpc) is 3.05. The molecule has 1 aliphatic heterocycles. The van der Waals surface area contributed by atoms with Crippen molar-refractivity contribution in [2.24, 2.45) is 5.73 Å². The fraction of sp³-hybridized carbons (Fsp3) is 0.571. The van der Waals surface area contributed by atoms with E-state index in [0.29, 0.717) is 19.5 Å². The molecule has 2 aliphatic rings. The van der Waals surface area contributed by atoms with E-state index in [1.54, 1.807) is 0 Å². The molecule has 0 radical (unpaired) electrons. The van der Waals surface area contributed by atoms with Gasteiger partial charge in [0.2, 0.25) is 6.79 Å². The van der Waals surface area contributed by atoms with E-state index < -0.39 is 0 Å². The van der Waals surface area contributed by atoms with E-state index in [9.17, 15) is 0 Å². The highest BCUT2D eigenvalue weighted by molar-refractivity contribution is 5.45. The Bertz CT molecular complexity index is 416. The van der Waals surface area contributed by atoms with Gasteiger partial charge >= 0.3 is 0 Å². The third-order valence-corrected chi connectivity index (χ3v) is 3.64. The predicted molar refractivity (Wildman–Crippen MR) is 67.7 cm³/mol. The molecule has 1 atom stereocenters. The maximum absolute atomic E-state index is 6.15. The van der Waals surface area contributed by atoms with Gasteiger partial charge < -0.3 is 19.9 Å². The average molecular weight is 249 g/mol. The minimum Gasteiger partial charge on any atom is -0.454 e. The van der Waals surface area contributed by atoms with Gasteiger partial charge in [-0.2, -0.15) is 0 Å². The first-order valence-corrected chi connectivity index (χ1v) is 6.59. The van der Waals surface area contributed by atoms with Crippen molar-refractivity contribution in [1.82, 2.24) is 0 Å². The minimum atomic E-state index is -0.0971. The summed E-state index contributed by atoms with van der Waals surface area (Å²) < 4.78 is 16.5. The highest BCUT2D eigenvalue weighted by atomic mass is 16.7. The van der Waals surface area contributed by atoms with Gasteiger partial charge in [-0.05, 0) is 30.5 Å². The number of nitrogens with two attached hydrogens (primary N) is 1. The number of hydrogen-bond donors (Lipinski definition) is 1. The Morgan fingerprint density at radius 1 is 1.22 bits per heavy atom. The molecule has 1 heterocycles. The van der Waals surface area contributed by atoms with Crippen molar-refractivity contribution in [3.8, 4) is 11.5 Å². The molecule has 0 aromatic heterocycles. The fourth-order valence-electron chi connectivity index (χ4n) is 2.53. The Kier molecular flexibility index (Phi) is 3.39. The quantitative estimate of drug-likeness (QED) is 0.890. The normalized spacial score (nSPS) is 20.3. The van der Waals surface area contributed by atoms with Crippen molar-refractivity contribution < 1.29 is 14.2 Å². The Labute approximate surface area is 107 Å². The summed E-state index contributed by atoms with van der Waals surface area (Å²) >= 11 is 0. The highest BCUT2D eigenvalue weighted by Gasteiger charge is 2.19. The van der Waals surface area contributed by atoms with Crippen molar-refractivity contribution in [3.63, 3.8) is 0 Å². The van der Waals surface area contributed by atoms with Crippen LogP contribution in [0.15, 0.2) is 18.2 Å². The van der Waals surface area contributed by atoms with E-state index in [2.05, 4.69) is 0 Å². The van der Waals surface area contributed by atoms with Crippen LogP contribution in [0.3, 0.4) is 0 Å². The lowest BCUT2D eigenvalue weighted by atomic mass is 10.1. The Morgan fingerprint density at radius 3 is 2.83 bits per heavy atom. The lowest BCUT2D eigenvalue weighted by molar-refractivity contribution is 0.0489. The van der Waals surface area contributed by atoms with Crippen LogP contribution in [0.5, 0.6) is 11.5 Å². The van der Waals surface area contributed by atoms with Crippen molar-refractivity contribution in [3.05, 3.63) is 23.8 Å². The number of benzene rings is 1. The number of hydrogen-bond acceptors (Lipinski definition) is 4. The summed E-state index contributed by atoms with van der Waals surface area (Å²) in [6, 6.07) is 5.74. The van der Waals surface area contributed by atoms with E-state index in [1.165, 1.54) is 25.7 Å². The van der Waals surface area contributed by atoms with Crippen LogP contribution in [0.2, 0.25) is 0 Å². The molecule has 1 aliphatic carbocycles. The standard InChI is InChI=1S/C14H19NO3/c15-12(8-16-11-3-1-2-4-11)10-5-6-13-14(7-10)18-9-17-13/h5-7,11-12H,1-4,8-9,15H2. The van der Waals surface area contributed by atoms with Gasteiger partial charge in [-0.15, -0.1) is 0 Å². The zero-order valence-electron chi connectivity index (χ0n) is 10.4. The van der Waals surface area contributed by atoms with Gasteiger partial charge in [0.05, 0.1) is 18.8 Å². The molecule has 0 amide bonds. The molecule has 0 spiro atoms. The molecule has 18 heavy (non-hydrogen) atoms. The van der Waals surface area contributed by atoms with Crippen molar-refractivity contribution in [2.45, 2.75) is 37.8 Å². The summed E-state index contributed by atoms with van der Waals surface area (Å²) in [4.78, 5) is 0. The maximum atomic E-state index is 6.15. The van der Waals surface area contributed by atoms with Crippen LogP contribution in [0.25, 0.3) is 0 Å². The molecule has 98 valence electrons. The first kappa shape index (κ1) is 11.8. The molecule has 1 aromatic rings. The lowest BCUT2D eigenvalue weighted by Crippen LogP contribution is -2.20. The number of rotatable bonds is 4. The maximum Gasteiger partial charge on any atom is 0.231 e. The smallest absolute Gasteiger partial charge is 0.231 e. The molecule has 1 aromatic carbocycles. The summed E-state index contributed by atoms with van der Waals surface area (Å²) in [5, 5.41) is 0. The molecule has 1 fully saturated rings. The first-order valence-electron chi connectivity index (χ1n) is 6.59. The second kappa shape index (κ2) is 5.16. The second-order valence-electron chi connectivity index (χ2n) is 4.96. The van der Waals surface area contributed by atoms with Crippen LogP contribution in [0.4, 0.5) is 0 Å². The zero-order chi connectivity index (χ0) is 12.4. The third kappa shape index (κ3) is 2.44. The summed E-state index contributed by atoms with van der Waals surface area (Å²) in [6.45, 7) is 0.872. The summed E-state index contributed by atoms with van der Waals surface area (Å²) in [7, 11) is 0. The van der Waals surface area contributed by atoms with E-state index in [1.807, 2.05) is 18.2 Å². The molecule has 3 rings (SSSR count). The van der Waals surface area contributed by atoms with Crippen LogP contribution >= 0.6 is 0 Å². The number of fused-ring (bicyclic) bond motifs is 1. The molecule has 1 saturated carbocycles. The summed E-state index contributed by atoms with van der Waals surface area (Å²) in [5.74, 6) is 1.58. The van der Waals surface area contributed by atoms with Crippen LogP contribution in [0, 0.1) is 0 Å². The first-order chi connectivity index (χ1) is 8.83. The van der Waals surface area contributed by atoms with Gasteiger partial charge in [0.15, 0.2) is 11.5 Å². The lowest BCUT2D eigenvalue weighted by Gasteiger charge is -2.16. The summed E-state index contributed by atoms with van der Waals surface area (Å²) in [5.41, 5.74) is 7.18. The monoisotopic (exact) mass is 249 g/mol. The van der Waals surface area contributed by atoms with E-state index in [-0.39, 0.29) is 6.04 Å². The topological polar surface area (TPSA) is 53.7 Å². The largest absolute Gasteiger partial charge is 0.454 e. The van der Waals surface area contributed by atoms with Crippen LogP contribution < -0.4 is 15.2 Å². The van der Waals surface area contributed by atoms with Crippen molar-refractivity contribution >= 4 is 0 Å². The Morgan fingerprint density at radius 2 is 2.00 bits per heavy atom. The Hall–Kier alpha value is -1.26. The third-order valence-electron chi connectivity index (χ3n) is 3.64. The molecule has 4 nitrogen and oxygen atoms in total.